The summed E-state index contributed by atoms with van der Waals surface area (Å²) in [5, 5.41) is 8.59. The van der Waals surface area contributed by atoms with E-state index in [9.17, 15) is 4.39 Å². The molecule has 1 aliphatic rings. The van der Waals surface area contributed by atoms with E-state index < -0.39 is 0 Å². The highest BCUT2D eigenvalue weighted by molar-refractivity contribution is 5.26. The summed E-state index contributed by atoms with van der Waals surface area (Å²) in [5.41, 5.74) is 2.13. The Morgan fingerprint density at radius 2 is 2.05 bits per heavy atom. The summed E-state index contributed by atoms with van der Waals surface area (Å²) in [5.74, 6) is 2.49. The van der Waals surface area contributed by atoms with Crippen molar-refractivity contribution < 1.29 is 4.39 Å². The van der Waals surface area contributed by atoms with Crippen molar-refractivity contribution in [1.29, 1.82) is 0 Å². The molecule has 0 radical (unpaired) electrons. The Morgan fingerprint density at radius 1 is 1.29 bits per heavy atom. The molecule has 5 heteroatoms. The van der Waals surface area contributed by atoms with Crippen LogP contribution in [-0.2, 0) is 20.1 Å². The van der Waals surface area contributed by atoms with Gasteiger partial charge >= 0.3 is 0 Å². The third-order valence-corrected chi connectivity index (χ3v) is 4.10. The summed E-state index contributed by atoms with van der Waals surface area (Å²) in [6, 6.07) is 4.94. The van der Waals surface area contributed by atoms with Crippen molar-refractivity contribution in [1.82, 2.24) is 19.7 Å². The number of halogens is 1. The molecule has 4 nitrogen and oxygen atoms in total. The van der Waals surface area contributed by atoms with E-state index in [4.69, 9.17) is 0 Å². The Kier molecular flexibility index (Phi) is 3.76. The molecule has 112 valence electrons. The van der Waals surface area contributed by atoms with Crippen molar-refractivity contribution in [3.63, 3.8) is 0 Å². The molecule has 1 aromatic carbocycles. The van der Waals surface area contributed by atoms with Crippen molar-refractivity contribution in [3.8, 4) is 0 Å². The lowest BCUT2D eigenvalue weighted by Gasteiger charge is -2.17. The first kappa shape index (κ1) is 14.2. The van der Waals surface area contributed by atoms with Crippen molar-refractivity contribution >= 4 is 0 Å². The van der Waals surface area contributed by atoms with Crippen molar-refractivity contribution in [2.24, 2.45) is 7.05 Å². The molecule has 1 saturated carbocycles. The smallest absolute Gasteiger partial charge is 0.146 e. The minimum Gasteiger partial charge on any atom is -0.317 e. The highest BCUT2D eigenvalue weighted by Crippen LogP contribution is 2.38. The average molecular weight is 288 g/mol. The molecule has 0 N–H and O–H groups in total. The summed E-state index contributed by atoms with van der Waals surface area (Å²) in [6.07, 6.45) is 2.45. The summed E-state index contributed by atoms with van der Waals surface area (Å²) >= 11 is 0. The Labute approximate surface area is 124 Å². The largest absolute Gasteiger partial charge is 0.317 e. The van der Waals surface area contributed by atoms with Crippen LogP contribution < -0.4 is 0 Å². The molecule has 1 heterocycles. The zero-order chi connectivity index (χ0) is 15.0. The van der Waals surface area contributed by atoms with Gasteiger partial charge in [0.15, 0.2) is 0 Å². The van der Waals surface area contributed by atoms with E-state index in [-0.39, 0.29) is 5.82 Å². The third-order valence-electron chi connectivity index (χ3n) is 4.10. The number of benzene rings is 1. The zero-order valence-corrected chi connectivity index (χ0v) is 12.8. The van der Waals surface area contributed by atoms with E-state index >= 15 is 0 Å². The van der Waals surface area contributed by atoms with Gasteiger partial charge in [-0.2, -0.15) is 0 Å². The molecule has 0 atom stereocenters. The fraction of sp³-hybridized carbons (Fsp3) is 0.500. The minimum absolute atomic E-state index is 0.182. The van der Waals surface area contributed by atoms with Gasteiger partial charge in [0.25, 0.3) is 0 Å². The second-order valence-corrected chi connectivity index (χ2v) is 6.05. The molecule has 0 saturated heterocycles. The van der Waals surface area contributed by atoms with Gasteiger partial charge in [0, 0.05) is 19.5 Å². The van der Waals surface area contributed by atoms with Gasteiger partial charge in [0.1, 0.15) is 17.5 Å². The molecule has 0 bridgehead atoms. The van der Waals surface area contributed by atoms with Gasteiger partial charge < -0.3 is 4.57 Å². The molecular formula is C16H21FN4. The predicted octanol–water partition coefficient (Wildman–Crippen LogP) is 2.77. The molecular weight excluding hydrogens is 267 g/mol. The van der Waals surface area contributed by atoms with Gasteiger partial charge in [-0.1, -0.05) is 6.07 Å². The molecule has 1 fully saturated rings. The Balaban J connectivity index is 1.68. The molecule has 0 amide bonds. The van der Waals surface area contributed by atoms with Gasteiger partial charge in [-0.05, 0) is 50.1 Å². The Hall–Kier alpha value is -1.75. The number of hydrogen-bond donors (Lipinski definition) is 0. The molecule has 1 aromatic heterocycles. The highest BCUT2D eigenvalue weighted by atomic mass is 19.1. The average Bonchev–Trinajstić information content (AvgIpc) is 3.21. The number of aryl methyl sites for hydroxylation is 1. The van der Waals surface area contributed by atoms with Crippen LogP contribution >= 0.6 is 0 Å². The van der Waals surface area contributed by atoms with E-state index in [2.05, 4.69) is 19.7 Å². The van der Waals surface area contributed by atoms with Gasteiger partial charge in [0.05, 0.1) is 6.54 Å². The molecule has 0 spiro atoms. The Morgan fingerprint density at radius 3 is 2.76 bits per heavy atom. The number of aromatic nitrogens is 3. The fourth-order valence-electron chi connectivity index (χ4n) is 2.61. The standard InChI is InChI=1S/C16H21FN4/c1-11-4-7-14(17)8-13(11)9-20(2)10-15-18-19-16(21(15)3)12-5-6-12/h4,7-8,12H,5-6,9-10H2,1-3H3. The van der Waals surface area contributed by atoms with Crippen LogP contribution in [0.25, 0.3) is 0 Å². The number of nitrogens with zero attached hydrogens (tertiary/aromatic N) is 4. The quantitative estimate of drug-likeness (QED) is 0.848. The highest BCUT2D eigenvalue weighted by Gasteiger charge is 2.29. The minimum atomic E-state index is -0.182. The molecule has 3 rings (SSSR count). The Bertz CT molecular complexity index is 646. The van der Waals surface area contributed by atoms with Crippen molar-refractivity contribution in [3.05, 3.63) is 46.8 Å². The summed E-state index contributed by atoms with van der Waals surface area (Å²) in [6.45, 7) is 3.43. The van der Waals surface area contributed by atoms with E-state index in [1.807, 2.05) is 27.1 Å². The number of rotatable bonds is 5. The SMILES string of the molecule is Cc1ccc(F)cc1CN(C)Cc1nnc(C2CC2)n1C. The second kappa shape index (κ2) is 5.56. The monoisotopic (exact) mass is 288 g/mol. The molecule has 1 aliphatic carbocycles. The number of hydrogen-bond acceptors (Lipinski definition) is 3. The lowest BCUT2D eigenvalue weighted by atomic mass is 10.1. The molecule has 0 aliphatic heterocycles. The lowest BCUT2D eigenvalue weighted by Crippen LogP contribution is -2.20. The molecule has 0 unspecified atom stereocenters. The molecule has 21 heavy (non-hydrogen) atoms. The predicted molar refractivity (Wildman–Crippen MR) is 79.3 cm³/mol. The van der Waals surface area contributed by atoms with Crippen molar-refractivity contribution in [2.45, 2.75) is 38.8 Å². The van der Waals surface area contributed by atoms with Crippen LogP contribution in [0.2, 0.25) is 0 Å². The molecule has 2 aromatic rings. The second-order valence-electron chi connectivity index (χ2n) is 6.05. The summed E-state index contributed by atoms with van der Waals surface area (Å²) in [7, 11) is 4.06. The van der Waals surface area contributed by atoms with Crippen molar-refractivity contribution in [2.75, 3.05) is 7.05 Å². The van der Waals surface area contributed by atoms with Gasteiger partial charge in [-0.3, -0.25) is 4.90 Å². The van der Waals surface area contributed by atoms with Crippen LogP contribution in [0.5, 0.6) is 0 Å². The first-order valence-electron chi connectivity index (χ1n) is 7.36. The maximum atomic E-state index is 13.3. The van der Waals surface area contributed by atoms with Gasteiger partial charge in [-0.15, -0.1) is 10.2 Å². The van der Waals surface area contributed by atoms with Gasteiger partial charge in [0.2, 0.25) is 0 Å². The van der Waals surface area contributed by atoms with E-state index in [1.165, 1.54) is 18.9 Å². The third kappa shape index (κ3) is 3.13. The zero-order valence-electron chi connectivity index (χ0n) is 12.8. The fourth-order valence-corrected chi connectivity index (χ4v) is 2.61. The van der Waals surface area contributed by atoms with Crippen LogP contribution in [0.1, 0.15) is 41.5 Å². The van der Waals surface area contributed by atoms with Crippen LogP contribution in [0.3, 0.4) is 0 Å². The maximum Gasteiger partial charge on any atom is 0.146 e. The lowest BCUT2D eigenvalue weighted by molar-refractivity contribution is 0.305. The normalized spacial score (nSPS) is 14.9. The van der Waals surface area contributed by atoms with Gasteiger partial charge in [-0.25, -0.2) is 4.39 Å². The van der Waals surface area contributed by atoms with Crippen LogP contribution in [-0.4, -0.2) is 26.7 Å². The van der Waals surface area contributed by atoms with E-state index in [0.29, 0.717) is 19.0 Å². The van der Waals surface area contributed by atoms with Crippen LogP contribution in [0.4, 0.5) is 4.39 Å². The summed E-state index contributed by atoms with van der Waals surface area (Å²) in [4.78, 5) is 2.14. The van der Waals surface area contributed by atoms with Crippen LogP contribution in [0, 0.1) is 12.7 Å². The summed E-state index contributed by atoms with van der Waals surface area (Å²) < 4.78 is 15.4. The van der Waals surface area contributed by atoms with E-state index in [0.717, 1.165) is 22.8 Å². The van der Waals surface area contributed by atoms with E-state index in [1.54, 1.807) is 6.07 Å². The first-order chi connectivity index (χ1) is 10.0. The first-order valence-corrected chi connectivity index (χ1v) is 7.36. The van der Waals surface area contributed by atoms with Crippen LogP contribution in [0.15, 0.2) is 18.2 Å². The maximum absolute atomic E-state index is 13.3. The topological polar surface area (TPSA) is 34.0 Å².